The van der Waals surface area contributed by atoms with Gasteiger partial charge in [-0.3, -0.25) is 9.78 Å². The largest absolute Gasteiger partial charge is 0.490 e. The number of carboxylic acids is 1. The number of aromatic nitrogens is 1. The second-order valence-electron chi connectivity index (χ2n) is 7.73. The minimum absolute atomic E-state index is 0.0744. The fourth-order valence-corrected chi connectivity index (χ4v) is 4.59. The van der Waals surface area contributed by atoms with E-state index < -0.39 is 12.1 Å². The van der Waals surface area contributed by atoms with E-state index in [1.807, 2.05) is 16.6 Å². The predicted molar refractivity (Wildman–Crippen MR) is 103 cm³/mol. The summed E-state index contributed by atoms with van der Waals surface area (Å²) in [7, 11) is 0. The summed E-state index contributed by atoms with van der Waals surface area (Å²) >= 11 is 1.64. The zero-order valence-electron chi connectivity index (χ0n) is 16.7. The molecule has 1 N–H and O–H groups in total. The van der Waals surface area contributed by atoms with Crippen molar-refractivity contribution in [3.63, 3.8) is 0 Å². The molecule has 0 aliphatic carbocycles. The van der Waals surface area contributed by atoms with Gasteiger partial charge in [0.05, 0.1) is 17.5 Å². The summed E-state index contributed by atoms with van der Waals surface area (Å²) in [4.78, 5) is 31.5. The van der Waals surface area contributed by atoms with Crippen LogP contribution >= 0.6 is 11.3 Å². The van der Waals surface area contributed by atoms with Gasteiger partial charge in [0.15, 0.2) is 0 Å². The first-order valence-corrected chi connectivity index (χ1v) is 10.7. The van der Waals surface area contributed by atoms with Gasteiger partial charge >= 0.3 is 12.1 Å². The highest BCUT2D eigenvalue weighted by molar-refractivity contribution is 7.09. The Labute approximate surface area is 172 Å². The van der Waals surface area contributed by atoms with Crippen molar-refractivity contribution in [1.29, 1.82) is 0 Å². The zero-order chi connectivity index (χ0) is 21.7. The molecule has 1 atom stereocenters. The van der Waals surface area contributed by atoms with Crippen molar-refractivity contribution < 1.29 is 27.9 Å². The van der Waals surface area contributed by atoms with Crippen molar-refractivity contribution in [3.05, 3.63) is 16.6 Å². The number of alkyl halides is 3. The molecule has 29 heavy (non-hydrogen) atoms. The molecule has 2 saturated heterocycles. The zero-order valence-corrected chi connectivity index (χ0v) is 17.6. The van der Waals surface area contributed by atoms with Crippen molar-refractivity contribution in [2.24, 2.45) is 11.3 Å². The van der Waals surface area contributed by atoms with Crippen molar-refractivity contribution >= 4 is 23.2 Å². The third-order valence-corrected chi connectivity index (χ3v) is 6.40. The maximum atomic E-state index is 12.7. The Kier molecular flexibility index (Phi) is 8.04. The maximum absolute atomic E-state index is 12.7. The molecule has 1 aromatic heterocycles. The number of hydrogen-bond donors (Lipinski definition) is 1. The van der Waals surface area contributed by atoms with Crippen molar-refractivity contribution in [2.75, 3.05) is 26.2 Å². The van der Waals surface area contributed by atoms with Crippen LogP contribution in [-0.4, -0.2) is 64.1 Å². The van der Waals surface area contributed by atoms with Crippen LogP contribution in [-0.2, 0) is 16.1 Å². The number of β-lactam (4-membered cyclic amide) rings is 1. The highest BCUT2D eigenvalue weighted by Gasteiger charge is 2.53. The molecule has 0 aromatic carbocycles. The Morgan fingerprint density at radius 2 is 2.00 bits per heavy atom. The Hall–Kier alpha value is -1.68. The monoisotopic (exact) mass is 435 g/mol. The first-order valence-electron chi connectivity index (χ1n) is 9.80. The molecule has 0 saturated carbocycles. The third-order valence-electron chi connectivity index (χ3n) is 5.63. The van der Waals surface area contributed by atoms with Gasteiger partial charge < -0.3 is 14.9 Å². The number of carbonyl (C=O) groups is 2. The van der Waals surface area contributed by atoms with Gasteiger partial charge in [-0.2, -0.15) is 13.2 Å². The smallest absolute Gasteiger partial charge is 0.475 e. The van der Waals surface area contributed by atoms with E-state index in [0.29, 0.717) is 5.91 Å². The average Bonchev–Trinajstić information content (AvgIpc) is 3.19. The molecule has 1 unspecified atom stereocenters. The number of amides is 1. The maximum Gasteiger partial charge on any atom is 0.490 e. The van der Waals surface area contributed by atoms with E-state index in [-0.39, 0.29) is 5.41 Å². The Balaban J connectivity index is 0.000000370. The normalized spacial score (nSPS) is 22.4. The molecule has 2 aliphatic rings. The fourth-order valence-electron chi connectivity index (χ4n) is 3.98. The second-order valence-corrected chi connectivity index (χ2v) is 8.70. The number of carboxylic acid groups (broad SMARTS) is 1. The predicted octanol–water partition coefficient (Wildman–Crippen LogP) is 3.64. The number of hydrogen-bond acceptors (Lipinski definition) is 5. The van der Waals surface area contributed by atoms with Crippen LogP contribution in [0.4, 0.5) is 13.2 Å². The Morgan fingerprint density at radius 1 is 1.34 bits per heavy atom. The molecular formula is C19H28F3N3O3S. The average molecular weight is 436 g/mol. The highest BCUT2D eigenvalue weighted by Crippen LogP contribution is 2.41. The Bertz CT molecular complexity index is 680. The lowest BCUT2D eigenvalue weighted by molar-refractivity contribution is -0.192. The molecule has 6 nitrogen and oxygen atoms in total. The molecular weight excluding hydrogens is 407 g/mol. The van der Waals surface area contributed by atoms with Gasteiger partial charge in [-0.1, -0.05) is 26.7 Å². The van der Waals surface area contributed by atoms with E-state index in [2.05, 4.69) is 23.7 Å². The van der Waals surface area contributed by atoms with Crippen molar-refractivity contribution in [2.45, 2.75) is 52.3 Å². The van der Waals surface area contributed by atoms with Gasteiger partial charge in [0.1, 0.15) is 0 Å². The van der Waals surface area contributed by atoms with Crippen molar-refractivity contribution in [3.8, 4) is 0 Å². The number of likely N-dealkylation sites (tertiary alicyclic amines) is 2. The molecule has 164 valence electrons. The number of thiazole rings is 1. The van der Waals surface area contributed by atoms with Gasteiger partial charge in [-0.15, -0.1) is 11.3 Å². The molecule has 3 rings (SSSR count). The molecule has 1 aromatic rings. The molecule has 2 aliphatic heterocycles. The highest BCUT2D eigenvalue weighted by atomic mass is 32.1. The second kappa shape index (κ2) is 9.88. The number of piperidine rings is 1. The van der Waals surface area contributed by atoms with E-state index in [4.69, 9.17) is 9.90 Å². The summed E-state index contributed by atoms with van der Waals surface area (Å²) in [5.74, 6) is -1.61. The van der Waals surface area contributed by atoms with Crippen LogP contribution in [0.1, 0.15) is 44.4 Å². The summed E-state index contributed by atoms with van der Waals surface area (Å²) in [5, 5.41) is 7.12. The van der Waals surface area contributed by atoms with E-state index in [9.17, 15) is 18.0 Å². The minimum atomic E-state index is -5.08. The molecule has 10 heteroatoms. The number of carbonyl (C=O) groups excluding carboxylic acids is 1. The SMILES string of the molecule is CCC(CC)CN1CCCC2(C1)CN(Cc1cncs1)C2=O.O=C(O)C(F)(F)F. The lowest BCUT2D eigenvalue weighted by Gasteiger charge is -2.53. The lowest BCUT2D eigenvalue weighted by Crippen LogP contribution is -2.66. The van der Waals surface area contributed by atoms with Crippen LogP contribution in [0.15, 0.2) is 11.7 Å². The standard InChI is InChI=1S/C17H27N3OS.C2HF3O2/c1-3-14(4-2)9-19-7-5-6-17(11-19)12-20(16(17)21)10-15-8-18-13-22-15;3-2(4,5)1(6)7/h8,13-14H,3-7,9-12H2,1-2H3;(H,6,7). The minimum Gasteiger partial charge on any atom is -0.475 e. The molecule has 0 bridgehead atoms. The van der Waals surface area contributed by atoms with E-state index in [0.717, 1.165) is 38.5 Å². The van der Waals surface area contributed by atoms with Crippen LogP contribution in [0.25, 0.3) is 0 Å². The van der Waals surface area contributed by atoms with Crippen LogP contribution in [0.5, 0.6) is 0 Å². The summed E-state index contributed by atoms with van der Waals surface area (Å²) in [5.41, 5.74) is 1.77. The van der Waals surface area contributed by atoms with Crippen LogP contribution < -0.4 is 0 Å². The van der Waals surface area contributed by atoms with Gasteiger partial charge in [0, 0.05) is 30.7 Å². The molecule has 3 heterocycles. The first kappa shape index (κ1) is 23.6. The van der Waals surface area contributed by atoms with Crippen LogP contribution in [0.2, 0.25) is 0 Å². The molecule has 1 spiro atoms. The quantitative estimate of drug-likeness (QED) is 0.691. The number of aliphatic carboxylic acids is 1. The molecule has 0 radical (unpaired) electrons. The van der Waals surface area contributed by atoms with Gasteiger partial charge in [0.2, 0.25) is 5.91 Å². The van der Waals surface area contributed by atoms with E-state index >= 15 is 0 Å². The van der Waals surface area contributed by atoms with Gasteiger partial charge in [0.25, 0.3) is 0 Å². The number of halogens is 3. The van der Waals surface area contributed by atoms with Crippen molar-refractivity contribution in [1.82, 2.24) is 14.8 Å². The molecule has 1 amide bonds. The summed E-state index contributed by atoms with van der Waals surface area (Å²) in [6.45, 7) is 9.54. The van der Waals surface area contributed by atoms with E-state index in [1.54, 1.807) is 11.3 Å². The summed E-state index contributed by atoms with van der Waals surface area (Å²) in [6.07, 6.45) is 1.52. The van der Waals surface area contributed by atoms with Crippen LogP contribution in [0, 0.1) is 11.3 Å². The summed E-state index contributed by atoms with van der Waals surface area (Å²) in [6, 6.07) is 0. The third kappa shape index (κ3) is 6.15. The van der Waals surface area contributed by atoms with E-state index in [1.165, 1.54) is 30.7 Å². The first-order chi connectivity index (χ1) is 13.6. The molecule has 2 fully saturated rings. The number of nitrogens with zero attached hydrogens (tertiary/aromatic N) is 3. The fraction of sp³-hybridized carbons (Fsp3) is 0.737. The van der Waals surface area contributed by atoms with Crippen LogP contribution in [0.3, 0.4) is 0 Å². The van der Waals surface area contributed by atoms with Gasteiger partial charge in [-0.05, 0) is 25.3 Å². The lowest BCUT2D eigenvalue weighted by atomic mass is 9.72. The Morgan fingerprint density at radius 3 is 2.48 bits per heavy atom. The summed E-state index contributed by atoms with van der Waals surface area (Å²) < 4.78 is 31.7. The number of rotatable bonds is 6. The van der Waals surface area contributed by atoms with Gasteiger partial charge in [-0.25, -0.2) is 4.79 Å². The topological polar surface area (TPSA) is 73.7 Å².